The number of fused-ring (bicyclic) bond motifs is 2. The zero-order chi connectivity index (χ0) is 25.0. The fourth-order valence-corrected chi connectivity index (χ4v) is 5.46. The minimum Gasteiger partial charge on any atom is -0.504 e. The third-order valence-electron chi connectivity index (χ3n) is 6.25. The number of hydrogen-bond donors (Lipinski definition) is 1. The minimum atomic E-state index is -0.811. The number of hydrogen-bond acceptors (Lipinski definition) is 8. The molecular weight excluding hydrogens is 466 g/mol. The molecule has 0 saturated heterocycles. The van der Waals surface area contributed by atoms with Gasteiger partial charge in [0, 0.05) is 6.42 Å². The van der Waals surface area contributed by atoms with Crippen LogP contribution in [0.15, 0.2) is 39.5 Å². The number of nitrogens with zero attached hydrogens (tertiary/aromatic N) is 3. The van der Waals surface area contributed by atoms with Crippen molar-refractivity contribution in [1.82, 2.24) is 10.2 Å². The lowest BCUT2D eigenvalue weighted by atomic mass is 9.97. The monoisotopic (exact) mass is 491 g/mol. The maximum absolute atomic E-state index is 13.8. The number of aryl methyl sites for hydroxylation is 2. The van der Waals surface area contributed by atoms with Crippen molar-refractivity contribution in [2.45, 2.75) is 40.2 Å². The highest BCUT2D eigenvalue weighted by Gasteiger charge is 2.45. The van der Waals surface area contributed by atoms with Crippen LogP contribution in [0.25, 0.3) is 11.0 Å². The summed E-state index contributed by atoms with van der Waals surface area (Å²) in [4.78, 5) is 29.0. The van der Waals surface area contributed by atoms with Crippen LogP contribution in [0.5, 0.6) is 11.5 Å². The molecule has 9 heteroatoms. The Kier molecular flexibility index (Phi) is 5.59. The van der Waals surface area contributed by atoms with Crippen molar-refractivity contribution in [1.29, 1.82) is 0 Å². The molecule has 1 unspecified atom stereocenters. The largest absolute Gasteiger partial charge is 0.504 e. The summed E-state index contributed by atoms with van der Waals surface area (Å²) in [7, 11) is 1.44. The quantitative estimate of drug-likeness (QED) is 0.422. The highest BCUT2D eigenvalue weighted by atomic mass is 32.1. The number of ether oxygens (including phenoxy) is 1. The van der Waals surface area contributed by atoms with E-state index in [9.17, 15) is 14.7 Å². The summed E-state index contributed by atoms with van der Waals surface area (Å²) < 4.78 is 11.4. The number of aromatic hydroxyl groups is 1. The van der Waals surface area contributed by atoms with Gasteiger partial charge in [-0.2, -0.15) is 0 Å². The lowest BCUT2D eigenvalue weighted by molar-refractivity contribution is 0.0970. The van der Waals surface area contributed by atoms with E-state index < -0.39 is 11.9 Å². The first-order valence-corrected chi connectivity index (χ1v) is 12.1. The first-order chi connectivity index (χ1) is 16.7. The SMILES string of the molecule is COc1cc(C2c3c(oc4cc(C)c(C)cc4c3=O)C(=O)N2c2nnc(CC(C)C)s2)ccc1O. The molecule has 1 amide bonds. The number of methoxy groups -OCH3 is 1. The van der Waals surface area contributed by atoms with Gasteiger partial charge in [0.25, 0.3) is 5.91 Å². The van der Waals surface area contributed by atoms with E-state index >= 15 is 0 Å². The van der Waals surface area contributed by atoms with Crippen molar-refractivity contribution in [2.24, 2.45) is 5.92 Å². The number of amides is 1. The van der Waals surface area contributed by atoms with E-state index in [0.717, 1.165) is 22.6 Å². The van der Waals surface area contributed by atoms with Crippen molar-refractivity contribution >= 4 is 33.3 Å². The Bertz CT molecular complexity index is 1540. The third-order valence-corrected chi connectivity index (χ3v) is 7.20. The molecule has 0 aliphatic carbocycles. The first kappa shape index (κ1) is 23.0. The molecule has 0 spiro atoms. The van der Waals surface area contributed by atoms with Gasteiger partial charge in [-0.25, -0.2) is 0 Å². The fourth-order valence-electron chi connectivity index (χ4n) is 4.38. The molecule has 1 aliphatic heterocycles. The van der Waals surface area contributed by atoms with E-state index in [-0.39, 0.29) is 28.3 Å². The number of carbonyl (C=O) groups is 1. The summed E-state index contributed by atoms with van der Waals surface area (Å²) in [5.41, 5.74) is 2.83. The summed E-state index contributed by atoms with van der Waals surface area (Å²) in [5, 5.41) is 20.3. The lowest BCUT2D eigenvalue weighted by Crippen LogP contribution is -2.29. The zero-order valence-corrected chi connectivity index (χ0v) is 20.9. The van der Waals surface area contributed by atoms with E-state index in [1.165, 1.54) is 29.4 Å². The molecule has 1 N–H and O–H groups in total. The molecule has 4 aromatic rings. The lowest BCUT2D eigenvalue weighted by Gasteiger charge is -2.22. The Balaban J connectivity index is 1.77. The van der Waals surface area contributed by atoms with Gasteiger partial charge in [0.05, 0.1) is 24.1 Å². The molecule has 0 saturated carbocycles. The standard InChI is InChI=1S/C26H25N3O5S/c1-12(2)8-20-27-28-26(35-20)29-22(15-6-7-17(30)19(11-15)33-5)21-23(31)16-9-13(3)14(4)10-18(16)34-24(21)25(29)32/h6-7,9-12,22,30H,8H2,1-5H3. The van der Waals surface area contributed by atoms with Crippen molar-refractivity contribution in [3.8, 4) is 11.5 Å². The van der Waals surface area contributed by atoms with E-state index in [4.69, 9.17) is 9.15 Å². The van der Waals surface area contributed by atoms with Gasteiger partial charge in [-0.15, -0.1) is 10.2 Å². The number of carbonyl (C=O) groups excluding carboxylic acids is 1. The second kappa shape index (κ2) is 8.49. The Morgan fingerprint density at radius 3 is 2.60 bits per heavy atom. The van der Waals surface area contributed by atoms with Crippen LogP contribution in [0, 0.1) is 19.8 Å². The van der Waals surface area contributed by atoms with Crippen molar-refractivity contribution in [2.75, 3.05) is 12.0 Å². The predicted molar refractivity (Wildman–Crippen MR) is 134 cm³/mol. The van der Waals surface area contributed by atoms with Gasteiger partial charge in [0.15, 0.2) is 16.9 Å². The predicted octanol–water partition coefficient (Wildman–Crippen LogP) is 4.92. The molecule has 180 valence electrons. The topological polar surface area (TPSA) is 106 Å². The molecule has 2 aromatic heterocycles. The van der Waals surface area contributed by atoms with Crippen LogP contribution in [-0.2, 0) is 6.42 Å². The summed E-state index contributed by atoms with van der Waals surface area (Å²) in [5.74, 6) is 0.0984. The van der Waals surface area contributed by atoms with Gasteiger partial charge < -0.3 is 14.3 Å². The molecule has 0 fully saturated rings. The fraction of sp³-hybridized carbons (Fsp3) is 0.308. The molecular formula is C26H25N3O5S. The number of rotatable bonds is 5. The molecule has 1 atom stereocenters. The number of benzene rings is 2. The summed E-state index contributed by atoms with van der Waals surface area (Å²) in [6.45, 7) is 8.03. The molecule has 3 heterocycles. The van der Waals surface area contributed by atoms with Gasteiger partial charge in [-0.05, 0) is 60.7 Å². The second-order valence-corrected chi connectivity index (χ2v) is 10.2. The van der Waals surface area contributed by atoms with Crippen LogP contribution in [-0.4, -0.2) is 28.3 Å². The van der Waals surface area contributed by atoms with Gasteiger partial charge in [0.1, 0.15) is 10.6 Å². The number of phenols is 1. The summed E-state index contributed by atoms with van der Waals surface area (Å²) >= 11 is 1.32. The smallest absolute Gasteiger partial charge is 0.297 e. The first-order valence-electron chi connectivity index (χ1n) is 11.3. The van der Waals surface area contributed by atoms with E-state index in [1.54, 1.807) is 24.3 Å². The minimum absolute atomic E-state index is 0.0107. The van der Waals surface area contributed by atoms with E-state index in [1.807, 2.05) is 13.8 Å². The van der Waals surface area contributed by atoms with Crippen LogP contribution in [0.1, 0.15) is 57.7 Å². The molecule has 1 aliphatic rings. The van der Waals surface area contributed by atoms with E-state index in [2.05, 4.69) is 24.0 Å². The van der Waals surface area contributed by atoms with Crippen LogP contribution in [0.2, 0.25) is 0 Å². The maximum atomic E-state index is 13.8. The number of anilines is 1. The normalized spacial score (nSPS) is 15.3. The average molecular weight is 492 g/mol. The average Bonchev–Trinajstić information content (AvgIpc) is 3.37. The van der Waals surface area contributed by atoms with Crippen LogP contribution >= 0.6 is 11.3 Å². The summed E-state index contributed by atoms with van der Waals surface area (Å²) in [6.07, 6.45) is 0.726. The Morgan fingerprint density at radius 2 is 1.89 bits per heavy atom. The van der Waals surface area contributed by atoms with Gasteiger partial charge in [0.2, 0.25) is 10.9 Å². The number of phenolic OH excluding ortho intramolecular Hbond substituents is 1. The van der Waals surface area contributed by atoms with Crippen molar-refractivity contribution in [3.05, 3.63) is 73.6 Å². The highest BCUT2D eigenvalue weighted by Crippen LogP contribution is 2.44. The molecule has 5 rings (SSSR count). The molecule has 8 nitrogen and oxygen atoms in total. The van der Waals surface area contributed by atoms with Gasteiger partial charge in [-0.3, -0.25) is 14.5 Å². The maximum Gasteiger partial charge on any atom is 0.297 e. The molecule has 2 aromatic carbocycles. The van der Waals surface area contributed by atoms with Gasteiger partial charge >= 0.3 is 0 Å². The number of aromatic nitrogens is 2. The van der Waals surface area contributed by atoms with Crippen LogP contribution in [0.3, 0.4) is 0 Å². The Labute approximate surface area is 205 Å². The van der Waals surface area contributed by atoms with Crippen molar-refractivity contribution in [3.63, 3.8) is 0 Å². The molecule has 0 radical (unpaired) electrons. The van der Waals surface area contributed by atoms with Gasteiger partial charge in [-0.1, -0.05) is 31.3 Å². The molecule has 35 heavy (non-hydrogen) atoms. The highest BCUT2D eigenvalue weighted by molar-refractivity contribution is 7.15. The molecule has 0 bridgehead atoms. The van der Waals surface area contributed by atoms with E-state index in [0.29, 0.717) is 27.6 Å². The van der Waals surface area contributed by atoms with Crippen LogP contribution in [0.4, 0.5) is 5.13 Å². The third kappa shape index (κ3) is 3.76. The second-order valence-electron chi connectivity index (χ2n) is 9.19. The van der Waals surface area contributed by atoms with Crippen LogP contribution < -0.4 is 15.1 Å². The zero-order valence-electron chi connectivity index (χ0n) is 20.1. The Morgan fingerprint density at radius 1 is 1.14 bits per heavy atom. The summed E-state index contributed by atoms with van der Waals surface area (Å²) in [6, 6.07) is 7.54. The van der Waals surface area contributed by atoms with Crippen molar-refractivity contribution < 1.29 is 19.1 Å². The Hall–Kier alpha value is -3.72.